The number of carbonyl (C=O) groups is 1. The van der Waals surface area contributed by atoms with Crippen LogP contribution in [0.4, 0.5) is 17.6 Å². The molecule has 0 aliphatic carbocycles. The van der Waals surface area contributed by atoms with Crippen LogP contribution in [0, 0.1) is 5.82 Å². The minimum Gasteiger partial charge on any atom is -0.455 e. The van der Waals surface area contributed by atoms with E-state index in [0.717, 1.165) is 0 Å². The Hall–Kier alpha value is -2.87. The minimum absolute atomic E-state index is 0.0558. The number of alkyl halides is 3. The maximum Gasteiger partial charge on any atom is 0.405 e. The predicted octanol–water partition coefficient (Wildman–Crippen LogP) is 5.11. The summed E-state index contributed by atoms with van der Waals surface area (Å²) in [5, 5.41) is 2.13. The lowest BCUT2D eigenvalue weighted by Crippen LogP contribution is -2.34. The molecule has 0 unspecified atom stereocenters. The van der Waals surface area contributed by atoms with Crippen molar-refractivity contribution in [3.8, 4) is 11.5 Å². The Bertz CT molecular complexity index is 1010. The van der Waals surface area contributed by atoms with Gasteiger partial charge in [-0.1, -0.05) is 29.8 Å². The van der Waals surface area contributed by atoms with Crippen LogP contribution in [0.2, 0.25) is 5.02 Å². The van der Waals surface area contributed by atoms with Crippen LogP contribution in [0.3, 0.4) is 0 Å². The molecule has 0 saturated carbocycles. The maximum absolute atomic E-state index is 13.7. The number of halogens is 5. The smallest absolute Gasteiger partial charge is 0.405 e. The van der Waals surface area contributed by atoms with Crippen molar-refractivity contribution >= 4 is 28.4 Å². The monoisotopic (exact) mass is 398 g/mol. The largest absolute Gasteiger partial charge is 0.455 e. The lowest BCUT2D eigenvalue weighted by atomic mass is 10.1. The highest BCUT2D eigenvalue weighted by molar-refractivity contribution is 6.34. The van der Waals surface area contributed by atoms with Gasteiger partial charge >= 0.3 is 6.18 Å². The molecular formula is C18H11ClF4N2O2. The van der Waals surface area contributed by atoms with Crippen LogP contribution in [0.15, 0.2) is 48.7 Å². The van der Waals surface area contributed by atoms with Gasteiger partial charge < -0.3 is 10.1 Å². The number of benzene rings is 2. The maximum atomic E-state index is 13.7. The molecule has 1 heterocycles. The SMILES string of the molecule is O=C(NCC(F)(F)F)c1c(Cl)cccc1Oc1cnc2c(F)cccc2c1. The summed E-state index contributed by atoms with van der Waals surface area (Å²) in [5.74, 6) is -1.43. The third kappa shape index (κ3) is 4.46. The number of nitrogens with zero attached hydrogens (tertiary/aromatic N) is 1. The molecular weight excluding hydrogens is 388 g/mol. The molecule has 1 N–H and O–H groups in total. The van der Waals surface area contributed by atoms with Crippen molar-refractivity contribution in [2.45, 2.75) is 6.18 Å². The van der Waals surface area contributed by atoms with Crippen molar-refractivity contribution in [3.63, 3.8) is 0 Å². The molecule has 0 fully saturated rings. The summed E-state index contributed by atoms with van der Waals surface area (Å²) in [6, 6.07) is 10.1. The second kappa shape index (κ2) is 7.40. The Morgan fingerprint density at radius 1 is 1.19 bits per heavy atom. The Balaban J connectivity index is 1.91. The zero-order valence-corrected chi connectivity index (χ0v) is 14.2. The van der Waals surface area contributed by atoms with E-state index in [2.05, 4.69) is 4.98 Å². The van der Waals surface area contributed by atoms with Gasteiger partial charge in [0.1, 0.15) is 34.9 Å². The fraction of sp³-hybridized carbons (Fsp3) is 0.111. The molecule has 0 radical (unpaired) electrons. The number of nitrogens with one attached hydrogen (secondary N) is 1. The number of pyridine rings is 1. The van der Waals surface area contributed by atoms with Crippen molar-refractivity contribution in [2.24, 2.45) is 0 Å². The lowest BCUT2D eigenvalue weighted by Gasteiger charge is -2.14. The van der Waals surface area contributed by atoms with Gasteiger partial charge in [0.15, 0.2) is 0 Å². The molecule has 0 bridgehead atoms. The van der Waals surface area contributed by atoms with Gasteiger partial charge in [-0.05, 0) is 24.3 Å². The summed E-state index contributed by atoms with van der Waals surface area (Å²) in [5.41, 5.74) is -0.109. The van der Waals surface area contributed by atoms with Crippen molar-refractivity contribution in [2.75, 3.05) is 6.54 Å². The fourth-order valence-corrected chi connectivity index (χ4v) is 2.62. The zero-order chi connectivity index (χ0) is 19.6. The van der Waals surface area contributed by atoms with Crippen molar-refractivity contribution in [3.05, 3.63) is 65.1 Å². The number of carbonyl (C=O) groups excluding carboxylic acids is 1. The summed E-state index contributed by atoms with van der Waals surface area (Å²) in [6.45, 7) is -1.51. The van der Waals surface area contributed by atoms with E-state index >= 15 is 0 Å². The third-order valence-corrected chi connectivity index (χ3v) is 3.83. The Labute approximate surface area is 155 Å². The average Bonchev–Trinajstić information content (AvgIpc) is 2.59. The number of amides is 1. The van der Waals surface area contributed by atoms with Crippen LogP contribution in [0.5, 0.6) is 11.5 Å². The highest BCUT2D eigenvalue weighted by Crippen LogP contribution is 2.31. The molecule has 140 valence electrons. The van der Waals surface area contributed by atoms with Crippen LogP contribution in [-0.2, 0) is 0 Å². The highest BCUT2D eigenvalue weighted by Gasteiger charge is 2.29. The molecule has 27 heavy (non-hydrogen) atoms. The Morgan fingerprint density at radius 2 is 1.93 bits per heavy atom. The molecule has 0 spiro atoms. The number of para-hydroxylation sites is 1. The summed E-state index contributed by atoms with van der Waals surface area (Å²) < 4.78 is 56.3. The quantitative estimate of drug-likeness (QED) is 0.621. The second-order valence-electron chi connectivity index (χ2n) is 5.50. The van der Waals surface area contributed by atoms with Crippen molar-refractivity contribution in [1.29, 1.82) is 0 Å². The Morgan fingerprint density at radius 3 is 2.67 bits per heavy atom. The van der Waals surface area contributed by atoms with Crippen LogP contribution in [0.1, 0.15) is 10.4 Å². The van der Waals surface area contributed by atoms with Gasteiger partial charge in [-0.3, -0.25) is 4.79 Å². The van der Waals surface area contributed by atoms with E-state index in [1.165, 1.54) is 42.6 Å². The van der Waals surface area contributed by atoms with Crippen LogP contribution >= 0.6 is 11.6 Å². The van der Waals surface area contributed by atoms with Gasteiger partial charge in [0.25, 0.3) is 5.91 Å². The number of hydrogen-bond acceptors (Lipinski definition) is 3. The van der Waals surface area contributed by atoms with Gasteiger partial charge in [0.2, 0.25) is 0 Å². The average molecular weight is 399 g/mol. The normalized spacial score (nSPS) is 11.4. The van der Waals surface area contributed by atoms with Crippen LogP contribution in [0.25, 0.3) is 10.9 Å². The first-order chi connectivity index (χ1) is 12.7. The predicted molar refractivity (Wildman–Crippen MR) is 91.6 cm³/mol. The van der Waals surface area contributed by atoms with E-state index < -0.39 is 24.4 Å². The first-order valence-corrected chi connectivity index (χ1v) is 7.98. The third-order valence-electron chi connectivity index (χ3n) is 3.52. The van der Waals surface area contributed by atoms with E-state index in [1.807, 2.05) is 0 Å². The molecule has 2 aromatic carbocycles. The van der Waals surface area contributed by atoms with Crippen molar-refractivity contribution in [1.82, 2.24) is 10.3 Å². The van der Waals surface area contributed by atoms with Gasteiger partial charge in [-0.25, -0.2) is 9.37 Å². The lowest BCUT2D eigenvalue weighted by molar-refractivity contribution is -0.123. The molecule has 0 saturated heterocycles. The Kier molecular flexibility index (Phi) is 5.18. The summed E-state index contributed by atoms with van der Waals surface area (Å²) >= 11 is 5.97. The molecule has 0 aliphatic rings. The molecule has 9 heteroatoms. The number of rotatable bonds is 4. The molecule has 3 aromatic rings. The van der Waals surface area contributed by atoms with Crippen molar-refractivity contribution < 1.29 is 27.1 Å². The molecule has 3 rings (SSSR count). The molecule has 0 aliphatic heterocycles. The van der Waals surface area contributed by atoms with Crippen LogP contribution < -0.4 is 10.1 Å². The summed E-state index contributed by atoms with van der Waals surface area (Å²) in [6.07, 6.45) is -3.33. The number of ether oxygens (including phenoxy) is 1. The standard InChI is InChI=1S/C18H11ClF4N2O2/c19-12-4-2-6-14(15(12)17(26)25-9-18(21,22)23)27-11-7-10-3-1-5-13(20)16(10)24-8-11/h1-8H,9H2,(H,25,26). The number of fused-ring (bicyclic) bond motifs is 1. The molecule has 1 amide bonds. The van der Waals surface area contributed by atoms with E-state index in [4.69, 9.17) is 16.3 Å². The van der Waals surface area contributed by atoms with E-state index in [1.54, 1.807) is 11.4 Å². The summed E-state index contributed by atoms with van der Waals surface area (Å²) in [4.78, 5) is 16.1. The molecule has 4 nitrogen and oxygen atoms in total. The molecule has 0 atom stereocenters. The van der Waals surface area contributed by atoms with E-state index in [0.29, 0.717) is 5.39 Å². The second-order valence-corrected chi connectivity index (χ2v) is 5.90. The topological polar surface area (TPSA) is 51.2 Å². The number of aromatic nitrogens is 1. The van der Waals surface area contributed by atoms with E-state index in [-0.39, 0.29) is 27.6 Å². The first kappa shape index (κ1) is 18.9. The van der Waals surface area contributed by atoms with E-state index in [9.17, 15) is 22.4 Å². The van der Waals surface area contributed by atoms with Gasteiger partial charge in [-0.2, -0.15) is 13.2 Å². The van der Waals surface area contributed by atoms with Gasteiger partial charge in [0, 0.05) is 5.39 Å². The van der Waals surface area contributed by atoms with Gasteiger partial charge in [0.05, 0.1) is 11.2 Å². The zero-order valence-electron chi connectivity index (χ0n) is 13.5. The highest BCUT2D eigenvalue weighted by atomic mass is 35.5. The number of hydrogen-bond donors (Lipinski definition) is 1. The summed E-state index contributed by atoms with van der Waals surface area (Å²) in [7, 11) is 0. The first-order valence-electron chi connectivity index (χ1n) is 7.60. The fourth-order valence-electron chi connectivity index (χ4n) is 2.36. The van der Waals surface area contributed by atoms with Crippen LogP contribution in [-0.4, -0.2) is 23.6 Å². The molecule has 1 aromatic heterocycles. The minimum atomic E-state index is -4.57. The van der Waals surface area contributed by atoms with Gasteiger partial charge in [-0.15, -0.1) is 0 Å².